The van der Waals surface area contributed by atoms with Crippen LogP contribution in [0.2, 0.25) is 0 Å². The predicted molar refractivity (Wildman–Crippen MR) is 93.0 cm³/mol. The van der Waals surface area contributed by atoms with Crippen LogP contribution in [-0.2, 0) is 9.59 Å². The summed E-state index contributed by atoms with van der Waals surface area (Å²) in [6.45, 7) is 3.80. The second kappa shape index (κ2) is 6.24. The van der Waals surface area contributed by atoms with Crippen molar-refractivity contribution in [2.24, 2.45) is 0 Å². The number of carbonyl (C=O) groups excluding carboxylic acids is 3. The van der Waals surface area contributed by atoms with Gasteiger partial charge in [-0.25, -0.2) is 9.69 Å². The van der Waals surface area contributed by atoms with Crippen molar-refractivity contribution in [2.75, 3.05) is 4.90 Å². The first-order valence-electron chi connectivity index (χ1n) is 7.64. The van der Waals surface area contributed by atoms with Gasteiger partial charge in [0, 0.05) is 0 Å². The molecular weight excluding hydrogens is 320 g/mol. The second-order valence-corrected chi connectivity index (χ2v) is 5.82. The molecule has 1 fully saturated rings. The number of amides is 4. The molecule has 1 aliphatic rings. The van der Waals surface area contributed by atoms with Crippen LogP contribution in [0.15, 0.2) is 48.0 Å². The minimum atomic E-state index is -0.786. The second-order valence-electron chi connectivity index (χ2n) is 5.82. The maximum Gasteiger partial charge on any atom is 0.335 e. The molecule has 1 heterocycles. The van der Waals surface area contributed by atoms with Crippen LogP contribution in [0.4, 0.5) is 10.5 Å². The molecule has 2 N–H and O–H groups in total. The van der Waals surface area contributed by atoms with Crippen LogP contribution in [0, 0.1) is 13.8 Å². The van der Waals surface area contributed by atoms with E-state index < -0.39 is 17.8 Å². The van der Waals surface area contributed by atoms with Crippen LogP contribution in [0.5, 0.6) is 5.75 Å². The van der Waals surface area contributed by atoms with Crippen LogP contribution >= 0.6 is 0 Å². The molecule has 0 aromatic heterocycles. The molecule has 0 bridgehead atoms. The van der Waals surface area contributed by atoms with Crippen LogP contribution in [0.3, 0.4) is 0 Å². The van der Waals surface area contributed by atoms with Gasteiger partial charge in [-0.3, -0.25) is 14.9 Å². The molecule has 3 rings (SSSR count). The van der Waals surface area contributed by atoms with E-state index >= 15 is 0 Å². The maximum absolute atomic E-state index is 12.7. The van der Waals surface area contributed by atoms with E-state index in [4.69, 9.17) is 0 Å². The summed E-state index contributed by atoms with van der Waals surface area (Å²) >= 11 is 0. The van der Waals surface area contributed by atoms with Gasteiger partial charge in [-0.1, -0.05) is 18.2 Å². The van der Waals surface area contributed by atoms with Crippen molar-refractivity contribution < 1.29 is 19.5 Å². The first-order valence-corrected chi connectivity index (χ1v) is 7.64. The molecule has 2 aromatic carbocycles. The number of aromatic hydroxyl groups is 1. The number of imide groups is 2. The van der Waals surface area contributed by atoms with Gasteiger partial charge in [-0.2, -0.15) is 0 Å². The number of nitrogens with one attached hydrogen (secondary N) is 1. The summed E-state index contributed by atoms with van der Waals surface area (Å²) in [6, 6.07) is 10.5. The summed E-state index contributed by atoms with van der Waals surface area (Å²) in [4.78, 5) is 37.9. The fraction of sp³-hybridized carbons (Fsp3) is 0.105. The molecule has 1 aliphatic heterocycles. The summed E-state index contributed by atoms with van der Waals surface area (Å²) in [5, 5.41) is 11.7. The smallest absolute Gasteiger partial charge is 0.335 e. The van der Waals surface area contributed by atoms with Crippen molar-refractivity contribution in [1.82, 2.24) is 5.32 Å². The Morgan fingerprint density at radius 3 is 2.44 bits per heavy atom. The highest BCUT2D eigenvalue weighted by Gasteiger charge is 2.36. The Morgan fingerprint density at radius 2 is 1.76 bits per heavy atom. The molecule has 4 amide bonds. The number of rotatable bonds is 2. The van der Waals surface area contributed by atoms with Crippen LogP contribution < -0.4 is 10.2 Å². The molecular formula is C19H16N2O4. The Kier molecular flexibility index (Phi) is 4.10. The zero-order valence-electron chi connectivity index (χ0n) is 13.7. The van der Waals surface area contributed by atoms with Gasteiger partial charge in [0.2, 0.25) is 0 Å². The lowest BCUT2D eigenvalue weighted by Crippen LogP contribution is -2.54. The van der Waals surface area contributed by atoms with Gasteiger partial charge in [-0.15, -0.1) is 0 Å². The van der Waals surface area contributed by atoms with E-state index in [-0.39, 0.29) is 11.3 Å². The molecule has 6 nitrogen and oxygen atoms in total. The first kappa shape index (κ1) is 16.4. The highest BCUT2D eigenvalue weighted by Crippen LogP contribution is 2.24. The van der Waals surface area contributed by atoms with Gasteiger partial charge in [-0.05, 0) is 60.9 Å². The third-order valence-corrected chi connectivity index (χ3v) is 4.03. The molecule has 2 aromatic rings. The molecule has 0 radical (unpaired) electrons. The fourth-order valence-corrected chi connectivity index (χ4v) is 2.54. The molecule has 0 unspecified atom stereocenters. The van der Waals surface area contributed by atoms with E-state index in [9.17, 15) is 19.5 Å². The lowest BCUT2D eigenvalue weighted by atomic mass is 10.1. The standard InChI is InChI=1S/C19H16N2O4/c1-11-6-7-14(8-12(11)2)21-18(24)16(17(23)20-19(21)25)10-13-4-3-5-15(22)9-13/h3-10,22H,1-2H3,(H,20,23,25). The normalized spacial score (nSPS) is 16.3. The van der Waals surface area contributed by atoms with Gasteiger partial charge in [0.15, 0.2) is 0 Å². The monoisotopic (exact) mass is 336 g/mol. The first-order chi connectivity index (χ1) is 11.9. The number of nitrogens with zero attached hydrogens (tertiary/aromatic N) is 1. The Bertz CT molecular complexity index is 931. The molecule has 6 heteroatoms. The highest BCUT2D eigenvalue weighted by atomic mass is 16.3. The summed E-state index contributed by atoms with van der Waals surface area (Å²) in [5.41, 5.74) is 2.64. The van der Waals surface area contributed by atoms with Crippen LogP contribution in [0.1, 0.15) is 16.7 Å². The number of phenolic OH excluding ortho intramolecular Hbond substituents is 1. The zero-order chi connectivity index (χ0) is 18.1. The number of carbonyl (C=O) groups is 3. The molecule has 25 heavy (non-hydrogen) atoms. The number of urea groups is 1. The van der Waals surface area contributed by atoms with Gasteiger partial charge in [0.05, 0.1) is 5.69 Å². The lowest BCUT2D eigenvalue weighted by molar-refractivity contribution is -0.122. The van der Waals surface area contributed by atoms with Crippen LogP contribution in [0.25, 0.3) is 6.08 Å². The van der Waals surface area contributed by atoms with Crippen molar-refractivity contribution in [2.45, 2.75) is 13.8 Å². The van der Waals surface area contributed by atoms with Gasteiger partial charge >= 0.3 is 6.03 Å². The molecule has 0 atom stereocenters. The van der Waals surface area contributed by atoms with Crippen molar-refractivity contribution in [3.05, 3.63) is 64.7 Å². The quantitative estimate of drug-likeness (QED) is 0.652. The number of hydrogen-bond donors (Lipinski definition) is 2. The summed E-state index contributed by atoms with van der Waals surface area (Å²) < 4.78 is 0. The molecule has 1 saturated heterocycles. The van der Waals surface area contributed by atoms with E-state index in [1.54, 1.807) is 30.3 Å². The largest absolute Gasteiger partial charge is 0.508 e. The van der Waals surface area contributed by atoms with E-state index in [0.29, 0.717) is 11.3 Å². The van der Waals surface area contributed by atoms with E-state index in [2.05, 4.69) is 5.32 Å². The molecule has 126 valence electrons. The number of benzene rings is 2. The van der Waals surface area contributed by atoms with Gasteiger partial charge in [0.1, 0.15) is 11.3 Å². The lowest BCUT2D eigenvalue weighted by Gasteiger charge is -2.26. The molecule has 0 aliphatic carbocycles. The summed E-state index contributed by atoms with van der Waals surface area (Å²) in [6.07, 6.45) is 1.35. The van der Waals surface area contributed by atoms with Crippen molar-refractivity contribution in [3.8, 4) is 5.75 Å². The number of anilines is 1. The number of phenols is 1. The number of hydrogen-bond acceptors (Lipinski definition) is 4. The third kappa shape index (κ3) is 3.14. The SMILES string of the molecule is Cc1ccc(N2C(=O)NC(=O)C(=Cc3cccc(O)c3)C2=O)cc1C. The van der Waals surface area contributed by atoms with Crippen molar-refractivity contribution >= 4 is 29.6 Å². The maximum atomic E-state index is 12.7. The Labute approximate surface area is 144 Å². The van der Waals surface area contributed by atoms with E-state index in [1.165, 1.54) is 18.2 Å². The van der Waals surface area contributed by atoms with Crippen molar-refractivity contribution in [1.29, 1.82) is 0 Å². The van der Waals surface area contributed by atoms with Crippen LogP contribution in [-0.4, -0.2) is 23.0 Å². The Hall–Kier alpha value is -3.41. The van der Waals surface area contributed by atoms with Gasteiger partial charge < -0.3 is 5.11 Å². The molecule has 0 saturated carbocycles. The zero-order valence-corrected chi connectivity index (χ0v) is 13.7. The minimum Gasteiger partial charge on any atom is -0.508 e. The third-order valence-electron chi connectivity index (χ3n) is 4.03. The van der Waals surface area contributed by atoms with E-state index in [0.717, 1.165) is 16.0 Å². The number of aryl methyl sites for hydroxylation is 2. The highest BCUT2D eigenvalue weighted by molar-refractivity contribution is 6.39. The topological polar surface area (TPSA) is 86.7 Å². The average molecular weight is 336 g/mol. The average Bonchev–Trinajstić information content (AvgIpc) is 2.55. The summed E-state index contributed by atoms with van der Waals surface area (Å²) in [7, 11) is 0. The Morgan fingerprint density at radius 1 is 1.00 bits per heavy atom. The minimum absolute atomic E-state index is 0.0140. The van der Waals surface area contributed by atoms with E-state index in [1.807, 2.05) is 13.8 Å². The van der Waals surface area contributed by atoms with Crippen molar-refractivity contribution in [3.63, 3.8) is 0 Å². The summed E-state index contributed by atoms with van der Waals surface area (Å²) in [5.74, 6) is -1.46. The number of barbiturate groups is 1. The van der Waals surface area contributed by atoms with Gasteiger partial charge in [0.25, 0.3) is 11.8 Å². The molecule has 0 spiro atoms. The Balaban J connectivity index is 2.03. The fourth-order valence-electron chi connectivity index (χ4n) is 2.54. The predicted octanol–water partition coefficient (Wildman–Crippen LogP) is 2.68.